The van der Waals surface area contributed by atoms with Crippen molar-refractivity contribution in [3.8, 4) is 0 Å². The molecule has 1 saturated heterocycles. The molecule has 1 fully saturated rings. The molecule has 2 aliphatic carbocycles. The Hall–Kier alpha value is -1.67. The molecule has 0 aromatic heterocycles. The molecule has 3 nitrogen and oxygen atoms in total. The fourth-order valence-corrected chi connectivity index (χ4v) is 6.67. The van der Waals surface area contributed by atoms with E-state index in [0.29, 0.717) is 42.6 Å². The highest BCUT2D eigenvalue weighted by Crippen LogP contribution is 2.61. The maximum atomic E-state index is 15.1. The molecular weight excluding hydrogens is 409 g/mol. The number of allylic oxidation sites excluding steroid dienone is 1. The molecular formula is C23H25F3O3Si. The molecule has 30 heavy (non-hydrogen) atoms. The Balaban J connectivity index is 1.86. The first-order valence-electron chi connectivity index (χ1n) is 10.4. The Morgan fingerprint density at radius 1 is 1.00 bits per heavy atom. The molecule has 7 heteroatoms. The van der Waals surface area contributed by atoms with Crippen LogP contribution in [0.15, 0.2) is 42.0 Å². The molecule has 1 aliphatic heterocycles. The number of benzene rings is 2. The van der Waals surface area contributed by atoms with Crippen LogP contribution in [-0.4, -0.2) is 33.5 Å². The van der Waals surface area contributed by atoms with Gasteiger partial charge in [0.15, 0.2) is 19.7 Å². The van der Waals surface area contributed by atoms with Gasteiger partial charge in [-0.15, -0.1) is 0 Å². The highest BCUT2D eigenvalue weighted by Gasteiger charge is 2.65. The van der Waals surface area contributed by atoms with Crippen molar-refractivity contribution in [1.82, 2.24) is 0 Å². The summed E-state index contributed by atoms with van der Waals surface area (Å²) in [5, 5.41) is 1.39. The van der Waals surface area contributed by atoms with Crippen LogP contribution >= 0.6 is 0 Å². The summed E-state index contributed by atoms with van der Waals surface area (Å²) in [5.41, 5.74) is -0.0000244. The van der Waals surface area contributed by atoms with E-state index in [4.69, 9.17) is 13.9 Å². The van der Waals surface area contributed by atoms with Crippen LogP contribution in [0.2, 0.25) is 19.6 Å². The Kier molecular flexibility index (Phi) is 4.33. The zero-order valence-corrected chi connectivity index (χ0v) is 18.4. The van der Waals surface area contributed by atoms with Crippen LogP contribution in [-0.2, 0) is 19.5 Å². The van der Waals surface area contributed by atoms with Crippen LogP contribution in [0.1, 0.15) is 30.4 Å². The van der Waals surface area contributed by atoms with E-state index in [0.717, 1.165) is 11.0 Å². The van der Waals surface area contributed by atoms with Crippen LogP contribution in [0.3, 0.4) is 0 Å². The van der Waals surface area contributed by atoms with Gasteiger partial charge in [-0.05, 0) is 53.5 Å². The number of hydrogen-bond donors (Lipinski definition) is 0. The molecule has 0 saturated carbocycles. The van der Waals surface area contributed by atoms with E-state index in [9.17, 15) is 0 Å². The normalized spacial score (nSPS) is 25.8. The summed E-state index contributed by atoms with van der Waals surface area (Å²) in [5.74, 6) is -1.04. The summed E-state index contributed by atoms with van der Waals surface area (Å²) in [7, 11) is -2.60. The predicted molar refractivity (Wildman–Crippen MR) is 112 cm³/mol. The van der Waals surface area contributed by atoms with Gasteiger partial charge in [0.2, 0.25) is 0 Å². The Morgan fingerprint density at radius 3 is 2.37 bits per heavy atom. The second-order valence-corrected chi connectivity index (χ2v) is 13.8. The van der Waals surface area contributed by atoms with Crippen LogP contribution < -0.4 is 0 Å². The van der Waals surface area contributed by atoms with E-state index in [1.54, 1.807) is 12.1 Å². The molecule has 1 unspecified atom stereocenters. The van der Waals surface area contributed by atoms with Crippen LogP contribution in [0.4, 0.5) is 13.2 Å². The van der Waals surface area contributed by atoms with Crippen molar-refractivity contribution in [2.45, 2.75) is 56.5 Å². The van der Waals surface area contributed by atoms with Crippen LogP contribution in [0, 0.1) is 0 Å². The van der Waals surface area contributed by atoms with Crippen LogP contribution in [0.5, 0.6) is 0 Å². The lowest BCUT2D eigenvalue weighted by atomic mass is 9.73. The molecule has 0 bridgehead atoms. The van der Waals surface area contributed by atoms with Gasteiger partial charge in [0.05, 0.1) is 13.2 Å². The minimum Gasteiger partial charge on any atom is -0.400 e. The van der Waals surface area contributed by atoms with Gasteiger partial charge in [0.25, 0.3) is 0 Å². The highest BCUT2D eigenvalue weighted by molar-refractivity contribution is 6.69. The highest BCUT2D eigenvalue weighted by atomic mass is 28.4. The van der Waals surface area contributed by atoms with Crippen molar-refractivity contribution < 1.29 is 27.1 Å². The van der Waals surface area contributed by atoms with Gasteiger partial charge < -0.3 is 13.9 Å². The van der Waals surface area contributed by atoms with Crippen molar-refractivity contribution in [3.05, 3.63) is 53.1 Å². The molecule has 1 atom stereocenters. The van der Waals surface area contributed by atoms with Crippen molar-refractivity contribution in [3.63, 3.8) is 0 Å². The third kappa shape index (κ3) is 2.82. The third-order valence-corrected chi connectivity index (χ3v) is 7.26. The lowest BCUT2D eigenvalue weighted by Gasteiger charge is -2.46. The molecule has 0 N–H and O–H groups in total. The zero-order chi connectivity index (χ0) is 21.4. The first kappa shape index (κ1) is 20.2. The van der Waals surface area contributed by atoms with Gasteiger partial charge in [0, 0.05) is 18.4 Å². The fourth-order valence-electron chi connectivity index (χ4n) is 5.34. The molecule has 2 aromatic rings. The average molecular weight is 435 g/mol. The fraction of sp³-hybridized carbons (Fsp3) is 0.478. The summed E-state index contributed by atoms with van der Waals surface area (Å²) in [6.07, 6.45) is -3.68. The zero-order valence-electron chi connectivity index (χ0n) is 17.4. The van der Waals surface area contributed by atoms with Gasteiger partial charge in [0.1, 0.15) is 0 Å². The van der Waals surface area contributed by atoms with Gasteiger partial charge >= 0.3 is 6.18 Å². The predicted octanol–water partition coefficient (Wildman–Crippen LogP) is 6.14. The first-order valence-corrected chi connectivity index (χ1v) is 13.8. The van der Waals surface area contributed by atoms with Gasteiger partial charge in [-0.3, -0.25) is 0 Å². The lowest BCUT2D eigenvalue weighted by Crippen LogP contribution is -2.53. The number of hydrogen-bond acceptors (Lipinski definition) is 3. The minimum absolute atomic E-state index is 0.254. The van der Waals surface area contributed by atoms with Crippen molar-refractivity contribution in [2.75, 3.05) is 13.2 Å². The minimum atomic E-state index is -4.59. The van der Waals surface area contributed by atoms with Crippen molar-refractivity contribution >= 4 is 24.7 Å². The van der Waals surface area contributed by atoms with Crippen molar-refractivity contribution in [1.29, 1.82) is 0 Å². The number of halogens is 3. The van der Waals surface area contributed by atoms with E-state index in [1.807, 2.05) is 43.9 Å². The lowest BCUT2D eigenvalue weighted by molar-refractivity contribution is -0.261. The Bertz CT molecular complexity index is 1050. The second kappa shape index (κ2) is 6.42. The Morgan fingerprint density at radius 2 is 1.70 bits per heavy atom. The molecule has 160 valence electrons. The van der Waals surface area contributed by atoms with Crippen molar-refractivity contribution in [2.24, 2.45) is 0 Å². The number of alkyl halides is 3. The quantitative estimate of drug-likeness (QED) is 0.531. The molecule has 5 rings (SSSR count). The Labute approximate surface area is 174 Å². The van der Waals surface area contributed by atoms with Gasteiger partial charge in [-0.1, -0.05) is 36.4 Å². The van der Waals surface area contributed by atoms with E-state index >= 15 is 13.2 Å². The second-order valence-electron chi connectivity index (χ2n) is 9.33. The topological polar surface area (TPSA) is 27.7 Å². The van der Waals surface area contributed by atoms with E-state index < -0.39 is 25.9 Å². The van der Waals surface area contributed by atoms with E-state index in [2.05, 4.69) is 0 Å². The molecule has 0 radical (unpaired) electrons. The summed E-state index contributed by atoms with van der Waals surface area (Å²) >= 11 is 0. The van der Waals surface area contributed by atoms with Gasteiger partial charge in [-0.2, -0.15) is 13.2 Å². The maximum Gasteiger partial charge on any atom is 0.421 e. The third-order valence-electron chi connectivity index (χ3n) is 6.30. The summed E-state index contributed by atoms with van der Waals surface area (Å²) in [6.45, 7) is 6.22. The molecule has 1 heterocycles. The standard InChI is InChI=1S/C23H25F3O3Si/c1-30(2,3)29-21(23(24,25)26)14-19-17(10-11-22(19)27-12-13-28-22)18-9-8-15-6-4-5-7-16(15)20(18)21/h4-9H,10-14H2,1-3H3. The smallest absolute Gasteiger partial charge is 0.400 e. The summed E-state index contributed by atoms with van der Waals surface area (Å²) in [6, 6.07) is 11.0. The average Bonchev–Trinajstić information content (AvgIpc) is 3.27. The number of ether oxygens (including phenoxy) is 2. The number of fused-ring (bicyclic) bond motifs is 5. The monoisotopic (exact) mass is 434 g/mol. The number of rotatable bonds is 2. The summed E-state index contributed by atoms with van der Waals surface area (Å²) in [4.78, 5) is 0. The summed E-state index contributed by atoms with van der Waals surface area (Å²) < 4.78 is 63.2. The maximum absolute atomic E-state index is 15.1. The SMILES string of the molecule is C[Si](C)(C)OC1(C(F)(F)F)CC2=C(CCC23OCCO3)c2ccc3ccccc3c21. The van der Waals surface area contributed by atoms with E-state index in [-0.39, 0.29) is 12.0 Å². The van der Waals surface area contributed by atoms with Crippen LogP contribution in [0.25, 0.3) is 16.3 Å². The molecule has 0 amide bonds. The molecule has 3 aliphatic rings. The molecule has 2 aromatic carbocycles. The largest absolute Gasteiger partial charge is 0.421 e. The van der Waals surface area contributed by atoms with Gasteiger partial charge in [-0.25, -0.2) is 0 Å². The molecule has 1 spiro atoms. The first-order chi connectivity index (χ1) is 14.1. The van der Waals surface area contributed by atoms with E-state index in [1.165, 1.54) is 0 Å².